The Balaban J connectivity index is 0.00000220. The number of hydrogen-bond acceptors (Lipinski definition) is 3. The van der Waals surface area contributed by atoms with E-state index in [1.807, 2.05) is 17.0 Å². The van der Waals surface area contributed by atoms with Crippen molar-refractivity contribution in [3.05, 3.63) is 35.4 Å². The first-order valence-corrected chi connectivity index (χ1v) is 7.25. The molecule has 2 unspecified atom stereocenters. The molecule has 21 heavy (non-hydrogen) atoms. The van der Waals surface area contributed by atoms with Gasteiger partial charge in [-0.3, -0.25) is 4.79 Å². The maximum Gasteiger partial charge on any atom is 0.225 e. The van der Waals surface area contributed by atoms with E-state index in [-0.39, 0.29) is 30.5 Å². The average molecular weight is 313 g/mol. The normalized spacial score (nSPS) is 19.2. The number of likely N-dealkylation sites (tertiary alicyclic amines) is 1. The van der Waals surface area contributed by atoms with Crippen molar-refractivity contribution >= 4 is 18.3 Å². The molecule has 0 spiro atoms. The molecule has 4 nitrogen and oxygen atoms in total. The van der Waals surface area contributed by atoms with Crippen LogP contribution in [0, 0.1) is 6.92 Å². The van der Waals surface area contributed by atoms with E-state index in [1.54, 1.807) is 7.11 Å². The predicted octanol–water partition coefficient (Wildman–Crippen LogP) is 2.44. The lowest BCUT2D eigenvalue weighted by Crippen LogP contribution is -2.35. The van der Waals surface area contributed by atoms with Crippen LogP contribution in [0.1, 0.15) is 36.4 Å². The zero-order valence-electron chi connectivity index (χ0n) is 12.7. The number of carbonyl (C=O) groups excluding carboxylic acids is 1. The first-order valence-electron chi connectivity index (χ1n) is 7.25. The van der Waals surface area contributed by atoms with Crippen molar-refractivity contribution in [3.63, 3.8) is 0 Å². The van der Waals surface area contributed by atoms with Gasteiger partial charge in [0.25, 0.3) is 0 Å². The highest BCUT2D eigenvalue weighted by atomic mass is 35.5. The number of ether oxygens (including phenoxy) is 1. The number of carbonyl (C=O) groups is 1. The highest BCUT2D eigenvalue weighted by Gasteiger charge is 2.31. The second-order valence-electron chi connectivity index (χ2n) is 5.40. The summed E-state index contributed by atoms with van der Waals surface area (Å²) in [6.45, 7) is 3.32. The standard InChI is InChI=1S/C16H24N2O2.ClH/c1-12-6-3-4-7-14(12)15-8-5-9-18(15)16(19)10-13(11-17)20-2;/h3-4,6-7,13,15H,5,8-11,17H2,1-2H3;1H. The van der Waals surface area contributed by atoms with Crippen LogP contribution in [0.3, 0.4) is 0 Å². The van der Waals surface area contributed by atoms with Crippen molar-refractivity contribution in [2.75, 3.05) is 20.2 Å². The van der Waals surface area contributed by atoms with Gasteiger partial charge in [-0.15, -0.1) is 12.4 Å². The summed E-state index contributed by atoms with van der Waals surface area (Å²) in [5.41, 5.74) is 8.12. The molecule has 5 heteroatoms. The fraction of sp³-hybridized carbons (Fsp3) is 0.562. The third kappa shape index (κ3) is 4.19. The molecule has 118 valence electrons. The molecule has 2 atom stereocenters. The molecule has 1 saturated heterocycles. The van der Waals surface area contributed by atoms with Gasteiger partial charge in [-0.1, -0.05) is 24.3 Å². The maximum atomic E-state index is 12.5. The molecule has 0 bridgehead atoms. The first-order chi connectivity index (χ1) is 9.67. The summed E-state index contributed by atoms with van der Waals surface area (Å²) in [4.78, 5) is 14.4. The van der Waals surface area contributed by atoms with Gasteiger partial charge in [-0.25, -0.2) is 0 Å². The van der Waals surface area contributed by atoms with Gasteiger partial charge in [0.1, 0.15) is 0 Å². The van der Waals surface area contributed by atoms with Gasteiger partial charge in [-0.05, 0) is 30.9 Å². The number of aryl methyl sites for hydroxylation is 1. The van der Waals surface area contributed by atoms with Crippen molar-refractivity contribution in [2.45, 2.75) is 38.3 Å². The zero-order chi connectivity index (χ0) is 14.5. The van der Waals surface area contributed by atoms with Gasteiger partial charge in [-0.2, -0.15) is 0 Å². The number of methoxy groups -OCH3 is 1. The van der Waals surface area contributed by atoms with E-state index >= 15 is 0 Å². The van der Waals surface area contributed by atoms with Crippen molar-refractivity contribution in [1.82, 2.24) is 4.90 Å². The molecule has 2 N–H and O–H groups in total. The Kier molecular flexibility index (Phi) is 7.15. The van der Waals surface area contributed by atoms with E-state index in [1.165, 1.54) is 11.1 Å². The maximum absolute atomic E-state index is 12.5. The Morgan fingerprint density at radius 1 is 1.48 bits per heavy atom. The molecule has 1 aliphatic heterocycles. The SMILES string of the molecule is COC(CN)CC(=O)N1CCCC1c1ccccc1C.Cl. The van der Waals surface area contributed by atoms with Gasteiger partial charge in [0, 0.05) is 20.2 Å². The summed E-state index contributed by atoms with van der Waals surface area (Å²) in [6.07, 6.45) is 2.29. The molecule has 1 heterocycles. The number of amides is 1. The zero-order valence-corrected chi connectivity index (χ0v) is 13.6. The molecular weight excluding hydrogens is 288 g/mol. The van der Waals surface area contributed by atoms with E-state index in [0.29, 0.717) is 13.0 Å². The van der Waals surface area contributed by atoms with Crippen LogP contribution in [0.4, 0.5) is 0 Å². The number of nitrogens with two attached hydrogens (primary N) is 1. The minimum Gasteiger partial charge on any atom is -0.380 e. The molecule has 1 amide bonds. The van der Waals surface area contributed by atoms with Gasteiger partial charge < -0.3 is 15.4 Å². The average Bonchev–Trinajstić information content (AvgIpc) is 2.94. The topological polar surface area (TPSA) is 55.6 Å². The molecule has 1 aromatic carbocycles. The molecular formula is C16H25ClN2O2. The van der Waals surface area contributed by atoms with Crippen molar-refractivity contribution in [1.29, 1.82) is 0 Å². The number of benzene rings is 1. The highest BCUT2D eigenvalue weighted by Crippen LogP contribution is 2.34. The van der Waals surface area contributed by atoms with E-state index < -0.39 is 0 Å². The second kappa shape index (κ2) is 8.37. The number of nitrogens with zero attached hydrogens (tertiary/aromatic N) is 1. The van der Waals surface area contributed by atoms with Gasteiger partial charge >= 0.3 is 0 Å². The summed E-state index contributed by atoms with van der Waals surface area (Å²) < 4.78 is 5.22. The van der Waals surface area contributed by atoms with Crippen LogP contribution >= 0.6 is 12.4 Å². The summed E-state index contributed by atoms with van der Waals surface area (Å²) >= 11 is 0. The number of hydrogen-bond donors (Lipinski definition) is 1. The minimum absolute atomic E-state index is 0. The van der Waals surface area contributed by atoms with Crippen LogP contribution in [0.25, 0.3) is 0 Å². The Morgan fingerprint density at radius 2 is 2.19 bits per heavy atom. The van der Waals surface area contributed by atoms with Crippen molar-refractivity contribution in [3.8, 4) is 0 Å². The van der Waals surface area contributed by atoms with E-state index in [9.17, 15) is 4.79 Å². The Labute approximate surface area is 133 Å². The lowest BCUT2D eigenvalue weighted by atomic mass is 9.99. The second-order valence-corrected chi connectivity index (χ2v) is 5.40. The Bertz CT molecular complexity index is 463. The van der Waals surface area contributed by atoms with Crippen molar-refractivity contribution in [2.24, 2.45) is 5.73 Å². The number of rotatable bonds is 5. The third-order valence-corrected chi connectivity index (χ3v) is 4.12. The fourth-order valence-corrected chi connectivity index (χ4v) is 2.92. The smallest absolute Gasteiger partial charge is 0.225 e. The van der Waals surface area contributed by atoms with Crippen LogP contribution < -0.4 is 5.73 Å². The lowest BCUT2D eigenvalue weighted by molar-refractivity contribution is -0.134. The molecule has 0 radical (unpaired) electrons. The highest BCUT2D eigenvalue weighted by molar-refractivity contribution is 5.85. The third-order valence-electron chi connectivity index (χ3n) is 4.12. The molecule has 1 fully saturated rings. The van der Waals surface area contributed by atoms with Gasteiger partial charge in [0.2, 0.25) is 5.91 Å². The van der Waals surface area contributed by atoms with E-state index in [4.69, 9.17) is 10.5 Å². The van der Waals surface area contributed by atoms with Crippen LogP contribution in [0.15, 0.2) is 24.3 Å². The summed E-state index contributed by atoms with van der Waals surface area (Å²) in [6, 6.07) is 8.52. The summed E-state index contributed by atoms with van der Waals surface area (Å²) in [5.74, 6) is 0.146. The van der Waals surface area contributed by atoms with Crippen LogP contribution in [0.2, 0.25) is 0 Å². The van der Waals surface area contributed by atoms with E-state index in [2.05, 4.69) is 19.1 Å². The minimum atomic E-state index is -0.180. The lowest BCUT2D eigenvalue weighted by Gasteiger charge is -2.27. The Hall–Kier alpha value is -1.10. The van der Waals surface area contributed by atoms with E-state index in [0.717, 1.165) is 19.4 Å². The Morgan fingerprint density at radius 3 is 2.81 bits per heavy atom. The predicted molar refractivity (Wildman–Crippen MR) is 86.6 cm³/mol. The monoisotopic (exact) mass is 312 g/mol. The van der Waals surface area contributed by atoms with Gasteiger partial charge in [0.15, 0.2) is 0 Å². The van der Waals surface area contributed by atoms with Crippen LogP contribution in [0.5, 0.6) is 0 Å². The van der Waals surface area contributed by atoms with Crippen LogP contribution in [-0.4, -0.2) is 37.1 Å². The quantitative estimate of drug-likeness (QED) is 0.908. The molecule has 0 saturated carbocycles. The number of halogens is 1. The molecule has 0 aromatic heterocycles. The molecule has 1 aromatic rings. The first kappa shape index (κ1) is 18.0. The van der Waals surface area contributed by atoms with Crippen LogP contribution in [-0.2, 0) is 9.53 Å². The molecule has 2 rings (SSSR count). The largest absolute Gasteiger partial charge is 0.380 e. The summed E-state index contributed by atoms with van der Waals surface area (Å²) in [7, 11) is 1.60. The van der Waals surface area contributed by atoms with Crippen molar-refractivity contribution < 1.29 is 9.53 Å². The van der Waals surface area contributed by atoms with Gasteiger partial charge in [0.05, 0.1) is 18.6 Å². The summed E-state index contributed by atoms with van der Waals surface area (Å²) in [5, 5.41) is 0. The fourth-order valence-electron chi connectivity index (χ4n) is 2.92. The molecule has 1 aliphatic rings. The molecule has 0 aliphatic carbocycles.